The van der Waals surface area contributed by atoms with Crippen molar-refractivity contribution in [3.63, 3.8) is 0 Å². The Labute approximate surface area is 189 Å². The van der Waals surface area contributed by atoms with Gasteiger partial charge >= 0.3 is 0 Å². The Kier molecular flexibility index (Phi) is 5.61. The van der Waals surface area contributed by atoms with Crippen molar-refractivity contribution in [3.05, 3.63) is 23.0 Å². The van der Waals surface area contributed by atoms with Crippen LogP contribution in [0.5, 0.6) is 0 Å². The number of rotatable bonds is 5. The van der Waals surface area contributed by atoms with Crippen LogP contribution < -0.4 is 0 Å². The molecule has 0 aromatic rings. The van der Waals surface area contributed by atoms with Crippen molar-refractivity contribution in [2.75, 3.05) is 13.7 Å². The molecule has 3 fully saturated rings. The first-order valence-electron chi connectivity index (χ1n) is 13.0. The number of aliphatic hydroxyl groups excluding tert-OH is 1. The fourth-order valence-corrected chi connectivity index (χ4v) is 8.97. The minimum atomic E-state index is -0.109. The SMILES string of the molecule is COCC(C)CCC1=C(C)C2C(CC3C4CC=C5CC(O)CCC5(C)C4CCC32C)O1. The molecular weight excluding hydrogens is 384 g/mol. The van der Waals surface area contributed by atoms with Crippen molar-refractivity contribution < 1.29 is 14.6 Å². The Morgan fingerprint density at radius 1 is 1.23 bits per heavy atom. The van der Waals surface area contributed by atoms with Crippen molar-refractivity contribution in [1.29, 1.82) is 0 Å². The predicted molar refractivity (Wildman–Crippen MR) is 124 cm³/mol. The molecule has 31 heavy (non-hydrogen) atoms. The Morgan fingerprint density at radius 2 is 2.03 bits per heavy atom. The Hall–Kier alpha value is -0.800. The monoisotopic (exact) mass is 428 g/mol. The van der Waals surface area contributed by atoms with E-state index in [1.807, 2.05) is 0 Å². The van der Waals surface area contributed by atoms with Crippen molar-refractivity contribution in [1.82, 2.24) is 0 Å². The zero-order valence-electron chi connectivity index (χ0n) is 20.5. The summed E-state index contributed by atoms with van der Waals surface area (Å²) in [5, 5.41) is 10.3. The highest BCUT2D eigenvalue weighted by atomic mass is 16.5. The van der Waals surface area contributed by atoms with Crippen LogP contribution in [-0.4, -0.2) is 31.0 Å². The van der Waals surface area contributed by atoms with E-state index in [0.29, 0.717) is 28.8 Å². The van der Waals surface area contributed by atoms with E-state index in [-0.39, 0.29) is 6.10 Å². The Bertz CT molecular complexity index is 768. The van der Waals surface area contributed by atoms with Gasteiger partial charge in [0, 0.05) is 26.1 Å². The molecular formula is C28H44O3. The van der Waals surface area contributed by atoms with Gasteiger partial charge in [0.1, 0.15) is 6.10 Å². The zero-order valence-corrected chi connectivity index (χ0v) is 20.5. The van der Waals surface area contributed by atoms with Crippen molar-refractivity contribution in [3.8, 4) is 0 Å². The van der Waals surface area contributed by atoms with E-state index in [2.05, 4.69) is 33.8 Å². The quantitative estimate of drug-likeness (QED) is 0.524. The van der Waals surface area contributed by atoms with Crippen LogP contribution in [0.15, 0.2) is 23.0 Å². The molecule has 0 bridgehead atoms. The van der Waals surface area contributed by atoms with Gasteiger partial charge in [-0.1, -0.05) is 32.4 Å². The molecule has 0 saturated heterocycles. The number of fused-ring (bicyclic) bond motifs is 7. The van der Waals surface area contributed by atoms with E-state index >= 15 is 0 Å². The first-order chi connectivity index (χ1) is 14.8. The molecule has 0 aromatic carbocycles. The summed E-state index contributed by atoms with van der Waals surface area (Å²) < 4.78 is 12.0. The van der Waals surface area contributed by atoms with E-state index in [0.717, 1.165) is 50.0 Å². The van der Waals surface area contributed by atoms with Crippen LogP contribution in [0.25, 0.3) is 0 Å². The lowest BCUT2D eigenvalue weighted by atomic mass is 9.47. The zero-order chi connectivity index (χ0) is 22.0. The lowest BCUT2D eigenvalue weighted by Gasteiger charge is -2.57. The lowest BCUT2D eigenvalue weighted by molar-refractivity contribution is -0.0454. The molecule has 3 heteroatoms. The van der Waals surface area contributed by atoms with Gasteiger partial charge in [0.05, 0.1) is 11.9 Å². The maximum atomic E-state index is 10.3. The summed E-state index contributed by atoms with van der Waals surface area (Å²) >= 11 is 0. The van der Waals surface area contributed by atoms with Gasteiger partial charge in [0.2, 0.25) is 0 Å². The first kappa shape index (κ1) is 22.0. The molecule has 5 aliphatic rings. The number of ether oxygens (including phenoxy) is 2. The Morgan fingerprint density at radius 3 is 2.81 bits per heavy atom. The highest BCUT2D eigenvalue weighted by Gasteiger charge is 2.63. The van der Waals surface area contributed by atoms with Gasteiger partial charge in [-0.2, -0.15) is 0 Å². The molecule has 3 saturated carbocycles. The number of allylic oxidation sites excluding steroid dienone is 2. The summed E-state index contributed by atoms with van der Waals surface area (Å²) in [5.74, 6) is 4.90. The summed E-state index contributed by atoms with van der Waals surface area (Å²) in [5.41, 5.74) is 3.87. The van der Waals surface area contributed by atoms with Crippen molar-refractivity contribution in [2.24, 2.45) is 40.4 Å². The van der Waals surface area contributed by atoms with Crippen molar-refractivity contribution in [2.45, 2.75) is 97.7 Å². The second-order valence-electron chi connectivity index (χ2n) is 12.3. The smallest absolute Gasteiger partial charge is 0.106 e. The summed E-state index contributed by atoms with van der Waals surface area (Å²) in [6.07, 6.45) is 13.3. The van der Waals surface area contributed by atoms with Crippen LogP contribution >= 0.6 is 0 Å². The van der Waals surface area contributed by atoms with Gasteiger partial charge in [-0.05, 0) is 98.4 Å². The van der Waals surface area contributed by atoms with E-state index in [1.165, 1.54) is 37.9 Å². The highest BCUT2D eigenvalue weighted by Crippen LogP contribution is 2.68. The number of hydrogen-bond donors (Lipinski definition) is 1. The number of hydrogen-bond acceptors (Lipinski definition) is 3. The molecule has 1 N–H and O–H groups in total. The molecule has 0 aromatic heterocycles. The minimum absolute atomic E-state index is 0.109. The maximum absolute atomic E-state index is 10.3. The second kappa shape index (κ2) is 7.90. The molecule has 1 heterocycles. The number of aliphatic hydroxyl groups is 1. The molecule has 174 valence electrons. The van der Waals surface area contributed by atoms with Crippen molar-refractivity contribution >= 4 is 0 Å². The number of methoxy groups -OCH3 is 1. The maximum Gasteiger partial charge on any atom is 0.106 e. The van der Waals surface area contributed by atoms with Crippen LogP contribution in [0.3, 0.4) is 0 Å². The first-order valence-corrected chi connectivity index (χ1v) is 13.0. The Balaban J connectivity index is 1.35. The van der Waals surface area contributed by atoms with Crippen LogP contribution in [0.1, 0.15) is 85.5 Å². The van der Waals surface area contributed by atoms with Crippen LogP contribution in [0.4, 0.5) is 0 Å². The summed E-state index contributed by atoms with van der Waals surface area (Å²) in [4.78, 5) is 0. The highest BCUT2D eigenvalue weighted by molar-refractivity contribution is 5.30. The topological polar surface area (TPSA) is 38.7 Å². The second-order valence-corrected chi connectivity index (χ2v) is 12.3. The molecule has 9 unspecified atom stereocenters. The van der Waals surface area contributed by atoms with Gasteiger partial charge in [0.25, 0.3) is 0 Å². The average Bonchev–Trinajstić information content (AvgIpc) is 3.20. The van der Waals surface area contributed by atoms with Crippen LogP contribution in [0.2, 0.25) is 0 Å². The third kappa shape index (κ3) is 3.36. The van der Waals surface area contributed by atoms with E-state index in [1.54, 1.807) is 18.3 Å². The van der Waals surface area contributed by atoms with Gasteiger partial charge in [0.15, 0.2) is 0 Å². The normalized spacial score (nSPS) is 47.1. The summed E-state index contributed by atoms with van der Waals surface area (Å²) in [6, 6.07) is 0. The lowest BCUT2D eigenvalue weighted by Crippen LogP contribution is -2.50. The van der Waals surface area contributed by atoms with Crippen LogP contribution in [0, 0.1) is 40.4 Å². The third-order valence-corrected chi connectivity index (χ3v) is 10.6. The van der Waals surface area contributed by atoms with Crippen LogP contribution in [-0.2, 0) is 9.47 Å². The molecule has 0 radical (unpaired) electrons. The largest absolute Gasteiger partial charge is 0.494 e. The molecule has 5 rings (SSSR count). The van der Waals surface area contributed by atoms with Gasteiger partial charge in [-0.15, -0.1) is 0 Å². The molecule has 1 aliphatic heterocycles. The fraction of sp³-hybridized carbons (Fsp3) is 0.857. The summed E-state index contributed by atoms with van der Waals surface area (Å²) in [6.45, 7) is 10.6. The van der Waals surface area contributed by atoms with Gasteiger partial charge in [-0.3, -0.25) is 0 Å². The molecule has 4 aliphatic carbocycles. The van der Waals surface area contributed by atoms with Gasteiger partial charge in [-0.25, -0.2) is 0 Å². The fourth-order valence-electron chi connectivity index (χ4n) is 8.97. The minimum Gasteiger partial charge on any atom is -0.494 e. The summed E-state index contributed by atoms with van der Waals surface area (Å²) in [7, 11) is 1.80. The molecule has 3 nitrogen and oxygen atoms in total. The van der Waals surface area contributed by atoms with Gasteiger partial charge < -0.3 is 14.6 Å². The molecule has 9 atom stereocenters. The molecule has 0 spiro atoms. The molecule has 0 amide bonds. The van der Waals surface area contributed by atoms with E-state index < -0.39 is 0 Å². The predicted octanol–water partition coefficient (Wildman–Crippen LogP) is 6.27. The third-order valence-electron chi connectivity index (χ3n) is 10.6. The van der Waals surface area contributed by atoms with E-state index in [4.69, 9.17) is 9.47 Å². The van der Waals surface area contributed by atoms with E-state index in [9.17, 15) is 5.11 Å². The standard InChI is InChI=1S/C28H44O3/c1-17(16-30-5)6-9-24-18(2)26-25(31-24)15-23-21-8-7-19-14-20(29)10-12-27(19,3)22(21)11-13-28(23,26)4/h7,17,20-23,25-26,29H,6,8-16H2,1-5H3. The average molecular weight is 429 g/mol.